The molecule has 0 aliphatic carbocycles. The van der Waals surface area contributed by atoms with E-state index in [-0.39, 0.29) is 12.0 Å². The van der Waals surface area contributed by atoms with Gasteiger partial charge in [-0.3, -0.25) is 9.69 Å². The molecular weight excluding hydrogens is 356 g/mol. The Kier molecular flexibility index (Phi) is 6.36. The highest BCUT2D eigenvalue weighted by Gasteiger charge is 2.15. The molecule has 0 radical (unpaired) electrons. The number of aromatic nitrogens is 1. The van der Waals surface area contributed by atoms with Gasteiger partial charge in [-0.1, -0.05) is 0 Å². The molecule has 2 fully saturated rings. The van der Waals surface area contributed by atoms with E-state index < -0.39 is 0 Å². The number of fused-ring (bicyclic) bond motifs is 1. The number of piperidine rings is 1. The molecule has 2 N–H and O–H groups in total. The molecule has 2 aliphatic rings. The molecule has 2 saturated heterocycles. The summed E-state index contributed by atoms with van der Waals surface area (Å²) in [6.07, 6.45) is 4.57. The van der Waals surface area contributed by atoms with Crippen LogP contribution in [-0.4, -0.2) is 67.8 Å². The van der Waals surface area contributed by atoms with Crippen molar-refractivity contribution in [3.8, 4) is 5.75 Å². The zero-order valence-corrected chi connectivity index (χ0v) is 16.2. The fourth-order valence-corrected chi connectivity index (χ4v) is 3.66. The summed E-state index contributed by atoms with van der Waals surface area (Å²) in [6, 6.07) is 7.95. The number of carbonyl (C=O) groups is 1. The van der Waals surface area contributed by atoms with E-state index in [0.717, 1.165) is 75.3 Å². The number of pyridine rings is 1. The van der Waals surface area contributed by atoms with E-state index in [1.807, 2.05) is 24.3 Å². The molecule has 0 unspecified atom stereocenters. The van der Waals surface area contributed by atoms with Crippen molar-refractivity contribution in [1.82, 2.24) is 15.2 Å². The van der Waals surface area contributed by atoms with Crippen molar-refractivity contribution in [2.24, 2.45) is 0 Å². The number of carbonyl (C=O) groups excluding carboxylic acids is 1. The van der Waals surface area contributed by atoms with Crippen molar-refractivity contribution in [3.05, 3.63) is 30.5 Å². The molecule has 1 aromatic carbocycles. The smallest absolute Gasteiger partial charge is 0.226 e. The second-order valence-corrected chi connectivity index (χ2v) is 7.40. The summed E-state index contributed by atoms with van der Waals surface area (Å²) in [5.74, 6) is 1.44. The van der Waals surface area contributed by atoms with Crippen LogP contribution in [0.1, 0.15) is 19.3 Å². The van der Waals surface area contributed by atoms with E-state index in [0.29, 0.717) is 12.2 Å². The van der Waals surface area contributed by atoms with Gasteiger partial charge in [-0.15, -0.1) is 0 Å². The van der Waals surface area contributed by atoms with Gasteiger partial charge in [0, 0.05) is 37.6 Å². The van der Waals surface area contributed by atoms with Crippen LogP contribution in [0.15, 0.2) is 30.5 Å². The Bertz CT molecular complexity index is 801. The summed E-state index contributed by atoms with van der Waals surface area (Å²) >= 11 is 0. The van der Waals surface area contributed by atoms with Gasteiger partial charge < -0.3 is 20.1 Å². The average Bonchev–Trinajstić information content (AvgIpc) is 2.73. The SMILES string of the molecule is O=C(CCN1CCOCC1)Nc1cc2cc(OC3CCNCC3)ccc2cn1. The molecule has 0 saturated carbocycles. The minimum Gasteiger partial charge on any atom is -0.490 e. The Labute approximate surface area is 165 Å². The summed E-state index contributed by atoms with van der Waals surface area (Å²) in [5.41, 5.74) is 0. The van der Waals surface area contributed by atoms with Crippen LogP contribution in [0.2, 0.25) is 0 Å². The predicted molar refractivity (Wildman–Crippen MR) is 109 cm³/mol. The number of amides is 1. The number of rotatable bonds is 6. The first-order chi connectivity index (χ1) is 13.8. The van der Waals surface area contributed by atoms with Crippen LogP contribution in [0.25, 0.3) is 10.8 Å². The molecule has 7 heteroatoms. The number of benzene rings is 1. The summed E-state index contributed by atoms with van der Waals surface area (Å²) in [5, 5.41) is 8.32. The zero-order chi connectivity index (χ0) is 19.2. The Balaban J connectivity index is 1.36. The van der Waals surface area contributed by atoms with Gasteiger partial charge >= 0.3 is 0 Å². The number of nitrogens with one attached hydrogen (secondary N) is 2. The standard InChI is InChI=1S/C21H28N4O3/c26-21(5-8-25-9-11-27-12-10-25)24-20-14-17-13-19(2-1-16(17)15-23-20)28-18-3-6-22-7-4-18/h1-2,13-15,18,22H,3-12H2,(H,23,24,26). The van der Waals surface area contributed by atoms with Crippen LogP contribution in [0.4, 0.5) is 5.82 Å². The Morgan fingerprint density at radius 3 is 2.86 bits per heavy atom. The monoisotopic (exact) mass is 384 g/mol. The highest BCUT2D eigenvalue weighted by Crippen LogP contribution is 2.24. The van der Waals surface area contributed by atoms with Gasteiger partial charge in [0.15, 0.2) is 0 Å². The maximum atomic E-state index is 12.3. The van der Waals surface area contributed by atoms with Gasteiger partial charge in [0.25, 0.3) is 0 Å². The highest BCUT2D eigenvalue weighted by atomic mass is 16.5. The van der Waals surface area contributed by atoms with Gasteiger partial charge in [0.1, 0.15) is 17.7 Å². The fraction of sp³-hybridized carbons (Fsp3) is 0.524. The Morgan fingerprint density at radius 2 is 2.04 bits per heavy atom. The summed E-state index contributed by atoms with van der Waals surface area (Å²) in [4.78, 5) is 18.9. The second kappa shape index (κ2) is 9.32. The second-order valence-electron chi connectivity index (χ2n) is 7.40. The van der Waals surface area contributed by atoms with E-state index in [9.17, 15) is 4.79 Å². The van der Waals surface area contributed by atoms with Crippen molar-refractivity contribution in [2.75, 3.05) is 51.3 Å². The Hall–Kier alpha value is -2.22. The van der Waals surface area contributed by atoms with Crippen LogP contribution in [0.5, 0.6) is 5.75 Å². The first kappa shape index (κ1) is 19.1. The molecule has 2 aromatic rings. The van der Waals surface area contributed by atoms with Crippen LogP contribution in [0, 0.1) is 0 Å². The minimum atomic E-state index is -0.0135. The fourth-order valence-electron chi connectivity index (χ4n) is 3.66. The van der Waals surface area contributed by atoms with E-state index >= 15 is 0 Å². The molecule has 28 heavy (non-hydrogen) atoms. The lowest BCUT2D eigenvalue weighted by molar-refractivity contribution is -0.116. The third-order valence-corrected chi connectivity index (χ3v) is 5.31. The molecular formula is C21H28N4O3. The normalized spacial score (nSPS) is 18.9. The van der Waals surface area contributed by atoms with Crippen molar-refractivity contribution >= 4 is 22.5 Å². The topological polar surface area (TPSA) is 75.7 Å². The number of hydrogen-bond acceptors (Lipinski definition) is 6. The van der Waals surface area contributed by atoms with Crippen LogP contribution < -0.4 is 15.4 Å². The number of anilines is 1. The van der Waals surface area contributed by atoms with Gasteiger partial charge in [-0.05, 0) is 55.6 Å². The van der Waals surface area contributed by atoms with E-state index in [4.69, 9.17) is 9.47 Å². The Morgan fingerprint density at radius 1 is 1.21 bits per heavy atom. The van der Waals surface area contributed by atoms with E-state index in [1.54, 1.807) is 6.20 Å². The predicted octanol–water partition coefficient (Wildman–Crippen LogP) is 2.03. The van der Waals surface area contributed by atoms with Crippen LogP contribution in [-0.2, 0) is 9.53 Å². The van der Waals surface area contributed by atoms with Crippen LogP contribution >= 0.6 is 0 Å². The molecule has 3 heterocycles. The molecule has 150 valence electrons. The number of nitrogens with zero attached hydrogens (tertiary/aromatic N) is 2. The van der Waals surface area contributed by atoms with Crippen molar-refractivity contribution in [2.45, 2.75) is 25.4 Å². The molecule has 4 rings (SSSR count). The molecule has 1 amide bonds. The van der Waals surface area contributed by atoms with Gasteiger partial charge in [0.2, 0.25) is 5.91 Å². The van der Waals surface area contributed by atoms with E-state index in [2.05, 4.69) is 20.5 Å². The lowest BCUT2D eigenvalue weighted by atomic mass is 10.1. The van der Waals surface area contributed by atoms with Crippen molar-refractivity contribution < 1.29 is 14.3 Å². The highest BCUT2D eigenvalue weighted by molar-refractivity contribution is 5.93. The largest absolute Gasteiger partial charge is 0.490 e. The van der Waals surface area contributed by atoms with Crippen LogP contribution in [0.3, 0.4) is 0 Å². The third kappa shape index (κ3) is 5.19. The van der Waals surface area contributed by atoms with Gasteiger partial charge in [0.05, 0.1) is 13.2 Å². The van der Waals surface area contributed by atoms with Gasteiger partial charge in [-0.2, -0.15) is 0 Å². The maximum absolute atomic E-state index is 12.3. The summed E-state index contributed by atoms with van der Waals surface area (Å²) < 4.78 is 11.5. The number of ether oxygens (including phenoxy) is 2. The molecule has 2 aliphatic heterocycles. The molecule has 0 atom stereocenters. The van der Waals surface area contributed by atoms with E-state index in [1.165, 1.54) is 0 Å². The molecule has 0 spiro atoms. The average molecular weight is 384 g/mol. The lowest BCUT2D eigenvalue weighted by Crippen LogP contribution is -2.38. The van der Waals surface area contributed by atoms with Crippen molar-refractivity contribution in [3.63, 3.8) is 0 Å². The molecule has 1 aromatic heterocycles. The first-order valence-electron chi connectivity index (χ1n) is 10.1. The first-order valence-corrected chi connectivity index (χ1v) is 10.1. The summed E-state index contributed by atoms with van der Waals surface area (Å²) in [6.45, 7) is 6.02. The summed E-state index contributed by atoms with van der Waals surface area (Å²) in [7, 11) is 0. The minimum absolute atomic E-state index is 0.0135. The third-order valence-electron chi connectivity index (χ3n) is 5.31. The molecule has 7 nitrogen and oxygen atoms in total. The maximum Gasteiger partial charge on any atom is 0.226 e. The van der Waals surface area contributed by atoms with Crippen molar-refractivity contribution in [1.29, 1.82) is 0 Å². The van der Waals surface area contributed by atoms with Gasteiger partial charge in [-0.25, -0.2) is 4.98 Å². The lowest BCUT2D eigenvalue weighted by Gasteiger charge is -2.26. The zero-order valence-electron chi connectivity index (χ0n) is 16.2. The molecule has 0 bridgehead atoms. The number of hydrogen-bond donors (Lipinski definition) is 2. The number of morpholine rings is 1. The quantitative estimate of drug-likeness (QED) is 0.794.